The average molecular weight is 394 g/mol. The van der Waals surface area contributed by atoms with Crippen LogP contribution in [0.5, 0.6) is 5.88 Å². The average Bonchev–Trinajstić information content (AvgIpc) is 2.57. The van der Waals surface area contributed by atoms with E-state index in [9.17, 15) is 9.90 Å². The largest absolute Gasteiger partial charge is 0.493 e. The smallest absolute Gasteiger partial charge is 0.258 e. The first kappa shape index (κ1) is 13.8. The van der Waals surface area contributed by atoms with Gasteiger partial charge in [-0.05, 0) is 43.8 Å². The lowest BCUT2D eigenvalue weighted by atomic mass is 10.1. The molecule has 0 aromatic carbocycles. The molecule has 0 bridgehead atoms. The van der Waals surface area contributed by atoms with E-state index in [0.717, 1.165) is 13.1 Å². The van der Waals surface area contributed by atoms with E-state index < -0.39 is 0 Å². The maximum Gasteiger partial charge on any atom is 0.258 e. The summed E-state index contributed by atoms with van der Waals surface area (Å²) in [6.45, 7) is 3.67. The van der Waals surface area contributed by atoms with E-state index in [0.29, 0.717) is 11.4 Å². The van der Waals surface area contributed by atoms with Gasteiger partial charge in [0.15, 0.2) is 5.82 Å². The molecule has 2 heterocycles. The highest BCUT2D eigenvalue weighted by Gasteiger charge is 2.16. The van der Waals surface area contributed by atoms with Crippen LogP contribution in [0.4, 0.5) is 0 Å². The van der Waals surface area contributed by atoms with Gasteiger partial charge in [0.1, 0.15) is 0 Å². The van der Waals surface area contributed by atoms with Crippen LogP contribution in [0, 0.1) is 0 Å². The number of hydrogen-bond acceptors (Lipinski definition) is 4. The summed E-state index contributed by atoms with van der Waals surface area (Å²) in [4.78, 5) is 19.4. The van der Waals surface area contributed by atoms with Gasteiger partial charge in [-0.25, -0.2) is 0 Å². The van der Waals surface area contributed by atoms with Crippen molar-refractivity contribution in [2.45, 2.75) is 19.8 Å². The number of hydrogen-bond donors (Lipinski definition) is 2. The summed E-state index contributed by atoms with van der Waals surface area (Å²) < 4.78 is 1.80. The Hall–Kier alpha value is -0.660. The second kappa shape index (κ2) is 5.14. The SMILES string of the molecule is CC(C)c1c(O)nc(-c2cc(Br)c(Br)s2)[nH]c1=O. The van der Waals surface area contributed by atoms with Crippen LogP contribution < -0.4 is 5.56 Å². The molecule has 0 amide bonds. The van der Waals surface area contributed by atoms with E-state index in [1.807, 2.05) is 19.9 Å². The molecule has 2 N–H and O–H groups in total. The second-order valence-corrected chi connectivity index (χ2v) is 7.26. The van der Waals surface area contributed by atoms with E-state index in [2.05, 4.69) is 41.8 Å². The van der Waals surface area contributed by atoms with Crippen molar-refractivity contribution < 1.29 is 5.11 Å². The minimum atomic E-state index is -0.298. The third-order valence-electron chi connectivity index (χ3n) is 2.39. The fraction of sp³-hybridized carbons (Fsp3) is 0.273. The van der Waals surface area contributed by atoms with Crippen LogP contribution in [0.25, 0.3) is 10.7 Å². The summed E-state index contributed by atoms with van der Waals surface area (Å²) >= 11 is 8.17. The molecule has 0 atom stereocenters. The lowest BCUT2D eigenvalue weighted by Gasteiger charge is -2.07. The van der Waals surface area contributed by atoms with E-state index >= 15 is 0 Å². The van der Waals surface area contributed by atoms with Gasteiger partial charge in [-0.1, -0.05) is 13.8 Å². The molecule has 7 heteroatoms. The number of nitrogens with one attached hydrogen (secondary N) is 1. The number of aromatic hydroxyl groups is 1. The van der Waals surface area contributed by atoms with E-state index in [4.69, 9.17) is 0 Å². The van der Waals surface area contributed by atoms with E-state index in [1.165, 1.54) is 11.3 Å². The van der Waals surface area contributed by atoms with Crippen molar-refractivity contribution in [2.75, 3.05) is 0 Å². The molecule has 96 valence electrons. The lowest BCUT2D eigenvalue weighted by molar-refractivity contribution is 0.440. The zero-order chi connectivity index (χ0) is 13.4. The molecule has 0 radical (unpaired) electrons. The number of halogens is 2. The van der Waals surface area contributed by atoms with Gasteiger partial charge in [0.05, 0.1) is 14.2 Å². The monoisotopic (exact) mass is 392 g/mol. The Bertz CT molecular complexity index is 629. The Morgan fingerprint density at radius 3 is 2.56 bits per heavy atom. The van der Waals surface area contributed by atoms with Crippen LogP contribution in [-0.4, -0.2) is 15.1 Å². The molecule has 0 aliphatic rings. The summed E-state index contributed by atoms with van der Waals surface area (Å²) in [6.07, 6.45) is 0. The minimum absolute atomic E-state index is 0.0721. The molecule has 2 aromatic heterocycles. The topological polar surface area (TPSA) is 66.0 Å². The summed E-state index contributed by atoms with van der Waals surface area (Å²) in [7, 11) is 0. The summed E-state index contributed by atoms with van der Waals surface area (Å²) in [6, 6.07) is 1.83. The summed E-state index contributed by atoms with van der Waals surface area (Å²) in [5.41, 5.74) is 0.0154. The Kier molecular flexibility index (Phi) is 3.93. The van der Waals surface area contributed by atoms with Crippen LogP contribution in [0.2, 0.25) is 0 Å². The number of nitrogens with zero attached hydrogens (tertiary/aromatic N) is 1. The van der Waals surface area contributed by atoms with Gasteiger partial charge in [0, 0.05) is 4.47 Å². The standard InChI is InChI=1S/C11H10Br2N2O2S/c1-4(2)7-10(16)14-9(15-11(7)17)6-3-5(12)8(13)18-6/h3-4H,1-2H3,(H2,14,15,16,17). The highest BCUT2D eigenvalue weighted by molar-refractivity contribution is 9.13. The Balaban J connectivity index is 2.58. The molecule has 2 aromatic rings. The predicted octanol–water partition coefficient (Wildman–Crippen LogP) is 3.85. The number of thiophene rings is 1. The number of aromatic nitrogens is 2. The zero-order valence-corrected chi connectivity index (χ0v) is 13.6. The Morgan fingerprint density at radius 2 is 2.11 bits per heavy atom. The molecule has 18 heavy (non-hydrogen) atoms. The second-order valence-electron chi connectivity index (χ2n) is 4.04. The third-order valence-corrected chi connectivity index (χ3v) is 5.65. The first-order chi connectivity index (χ1) is 8.40. The maximum absolute atomic E-state index is 11.9. The number of aromatic amines is 1. The first-order valence-electron chi connectivity index (χ1n) is 5.18. The van der Waals surface area contributed by atoms with Gasteiger partial charge >= 0.3 is 0 Å². The zero-order valence-electron chi connectivity index (χ0n) is 9.62. The van der Waals surface area contributed by atoms with Gasteiger partial charge in [-0.2, -0.15) is 4.98 Å². The van der Waals surface area contributed by atoms with Crippen molar-refractivity contribution in [3.8, 4) is 16.6 Å². The lowest BCUT2D eigenvalue weighted by Crippen LogP contribution is -2.16. The fourth-order valence-corrected chi connectivity index (χ4v) is 3.55. The Morgan fingerprint density at radius 1 is 1.44 bits per heavy atom. The van der Waals surface area contributed by atoms with Gasteiger partial charge in [0.2, 0.25) is 5.88 Å². The van der Waals surface area contributed by atoms with Crippen molar-refractivity contribution in [2.24, 2.45) is 0 Å². The molecule has 4 nitrogen and oxygen atoms in total. The maximum atomic E-state index is 11.9. The molecular formula is C11H10Br2N2O2S. The van der Waals surface area contributed by atoms with Gasteiger partial charge in [-0.15, -0.1) is 11.3 Å². The van der Waals surface area contributed by atoms with E-state index in [-0.39, 0.29) is 17.4 Å². The minimum Gasteiger partial charge on any atom is -0.493 e. The van der Waals surface area contributed by atoms with Crippen molar-refractivity contribution in [3.05, 3.63) is 30.2 Å². The van der Waals surface area contributed by atoms with Gasteiger partial charge < -0.3 is 10.1 Å². The number of H-pyrrole nitrogens is 1. The first-order valence-corrected chi connectivity index (χ1v) is 7.58. The molecule has 0 saturated heterocycles. The molecule has 0 aliphatic heterocycles. The van der Waals surface area contributed by atoms with Gasteiger partial charge in [0.25, 0.3) is 5.56 Å². The van der Waals surface area contributed by atoms with Crippen molar-refractivity contribution in [3.63, 3.8) is 0 Å². The summed E-state index contributed by atoms with van der Waals surface area (Å²) in [5.74, 6) is 0.0970. The third kappa shape index (κ3) is 2.53. The molecule has 0 saturated carbocycles. The van der Waals surface area contributed by atoms with Crippen molar-refractivity contribution >= 4 is 43.2 Å². The van der Waals surface area contributed by atoms with Crippen LogP contribution >= 0.6 is 43.2 Å². The van der Waals surface area contributed by atoms with Crippen molar-refractivity contribution in [1.82, 2.24) is 9.97 Å². The van der Waals surface area contributed by atoms with Crippen LogP contribution in [-0.2, 0) is 0 Å². The highest BCUT2D eigenvalue weighted by Crippen LogP contribution is 2.37. The molecule has 0 aliphatic carbocycles. The van der Waals surface area contributed by atoms with E-state index in [1.54, 1.807) is 0 Å². The van der Waals surface area contributed by atoms with Gasteiger partial charge in [-0.3, -0.25) is 4.79 Å². The molecular weight excluding hydrogens is 384 g/mol. The fourth-order valence-electron chi connectivity index (χ4n) is 1.57. The highest BCUT2D eigenvalue weighted by atomic mass is 79.9. The molecule has 0 unspecified atom stereocenters. The normalized spacial score (nSPS) is 11.2. The van der Waals surface area contributed by atoms with Crippen LogP contribution in [0.1, 0.15) is 25.3 Å². The molecule has 2 rings (SSSR count). The predicted molar refractivity (Wildman–Crippen MR) is 79.3 cm³/mol. The molecule has 0 spiro atoms. The number of rotatable bonds is 2. The molecule has 0 fully saturated rings. The van der Waals surface area contributed by atoms with Crippen LogP contribution in [0.3, 0.4) is 0 Å². The van der Waals surface area contributed by atoms with Crippen molar-refractivity contribution in [1.29, 1.82) is 0 Å². The summed E-state index contributed by atoms with van der Waals surface area (Å²) in [5, 5.41) is 9.83. The van der Waals surface area contributed by atoms with Crippen LogP contribution in [0.15, 0.2) is 19.1 Å². The quantitative estimate of drug-likeness (QED) is 0.814. The Labute approximate surface area is 124 Å².